The molecule has 0 fully saturated rings. The van der Waals surface area contributed by atoms with Gasteiger partial charge in [0.05, 0.1) is 11.9 Å². The zero-order chi connectivity index (χ0) is 13.6. The van der Waals surface area contributed by atoms with Crippen molar-refractivity contribution in [3.05, 3.63) is 35.4 Å². The van der Waals surface area contributed by atoms with Gasteiger partial charge in [0, 0.05) is 21.5 Å². The van der Waals surface area contributed by atoms with E-state index >= 15 is 0 Å². The highest BCUT2D eigenvalue weighted by Crippen LogP contribution is 2.05. The average Bonchev–Trinajstić information content (AvgIpc) is 2.15. The summed E-state index contributed by atoms with van der Waals surface area (Å²) in [6.45, 7) is 0. The summed E-state index contributed by atoms with van der Waals surface area (Å²) in [5.74, 6) is -3.04. The Bertz CT molecular complexity index is 477. The van der Waals surface area contributed by atoms with Gasteiger partial charge in [-0.25, -0.2) is 0 Å². The second kappa shape index (κ2) is 5.94. The molecule has 0 aliphatic carbocycles. The van der Waals surface area contributed by atoms with E-state index < -0.39 is 22.3 Å². The van der Waals surface area contributed by atoms with Crippen LogP contribution in [0.1, 0.15) is 20.7 Å². The molecule has 0 bridgehead atoms. The van der Waals surface area contributed by atoms with Crippen LogP contribution in [-0.2, 0) is 10.4 Å². The third-order valence-electron chi connectivity index (χ3n) is 1.37. The molecule has 0 unspecified atom stereocenters. The molecule has 0 N–H and O–H groups in total. The fourth-order valence-corrected chi connectivity index (χ4v) is 0.839. The van der Waals surface area contributed by atoms with Gasteiger partial charge in [-0.05, 0) is 0 Å². The van der Waals surface area contributed by atoms with Crippen LogP contribution in [-0.4, -0.2) is 29.5 Å². The molecule has 0 radical (unpaired) electrons. The quantitative estimate of drug-likeness (QED) is 0.403. The van der Waals surface area contributed by atoms with Gasteiger partial charge in [-0.1, -0.05) is 24.3 Å². The summed E-state index contributed by atoms with van der Waals surface area (Å²) in [4.78, 5) is 20.6. The van der Waals surface area contributed by atoms with Crippen LogP contribution in [0.2, 0.25) is 0 Å². The monoisotopic (exact) mass is 260 g/mol. The highest BCUT2D eigenvalue weighted by Gasteiger charge is 2.01. The molecular weight excluding hydrogens is 256 g/mol. The van der Waals surface area contributed by atoms with Gasteiger partial charge in [0.15, 0.2) is 0 Å². The van der Waals surface area contributed by atoms with Crippen LogP contribution in [0.25, 0.3) is 0 Å². The topological polar surface area (TPSA) is 161 Å². The van der Waals surface area contributed by atoms with E-state index in [9.17, 15) is 19.8 Å². The molecule has 8 nitrogen and oxygen atoms in total. The molecule has 0 saturated heterocycles. The number of carboxylic acids is 2. The highest BCUT2D eigenvalue weighted by atomic mass is 32.3. The van der Waals surface area contributed by atoms with E-state index in [2.05, 4.69) is 0 Å². The predicted molar refractivity (Wildman–Crippen MR) is 45.6 cm³/mol. The molecule has 0 saturated carbocycles. The van der Waals surface area contributed by atoms with E-state index in [1.807, 2.05) is 0 Å². The van der Waals surface area contributed by atoms with E-state index in [-0.39, 0.29) is 11.1 Å². The number of aromatic carboxylic acids is 2. The second-order valence-corrected chi connectivity index (χ2v) is 3.35. The lowest BCUT2D eigenvalue weighted by atomic mass is 10.1. The second-order valence-electron chi connectivity index (χ2n) is 2.53. The molecular formula is C8H4O8S-4. The van der Waals surface area contributed by atoms with Crippen LogP contribution in [0.15, 0.2) is 24.3 Å². The molecule has 17 heavy (non-hydrogen) atoms. The molecule has 9 heteroatoms. The van der Waals surface area contributed by atoms with Gasteiger partial charge in [-0.2, -0.15) is 0 Å². The molecule has 0 heterocycles. The first kappa shape index (κ1) is 15.0. The van der Waals surface area contributed by atoms with Crippen LogP contribution >= 0.6 is 0 Å². The molecule has 0 amide bonds. The van der Waals surface area contributed by atoms with Crippen molar-refractivity contribution in [2.45, 2.75) is 0 Å². The average molecular weight is 260 g/mol. The fraction of sp³-hybridized carbons (Fsp3) is 0. The van der Waals surface area contributed by atoms with Crippen molar-refractivity contribution < 1.29 is 37.3 Å². The normalized spacial score (nSPS) is 10.0. The molecule has 0 atom stereocenters. The number of carbonyl (C=O) groups excluding carboxylic acids is 2. The van der Waals surface area contributed by atoms with Gasteiger partial charge in [-0.3, -0.25) is 8.42 Å². The molecule has 0 aromatic heterocycles. The van der Waals surface area contributed by atoms with Crippen molar-refractivity contribution in [2.24, 2.45) is 0 Å². The van der Waals surface area contributed by atoms with Crippen LogP contribution in [0.5, 0.6) is 0 Å². The third kappa shape index (κ3) is 7.00. The van der Waals surface area contributed by atoms with E-state index in [0.29, 0.717) is 0 Å². The number of benzene rings is 1. The predicted octanol–water partition coefficient (Wildman–Crippen LogP) is -2.92. The lowest BCUT2D eigenvalue weighted by Gasteiger charge is -2.09. The van der Waals surface area contributed by atoms with Crippen molar-refractivity contribution in [1.29, 1.82) is 0 Å². The van der Waals surface area contributed by atoms with Crippen LogP contribution < -0.4 is 10.2 Å². The Morgan fingerprint density at radius 3 is 1.29 bits per heavy atom. The van der Waals surface area contributed by atoms with Gasteiger partial charge in [0.1, 0.15) is 0 Å². The van der Waals surface area contributed by atoms with Gasteiger partial charge in [-0.15, -0.1) is 0 Å². The van der Waals surface area contributed by atoms with Crippen molar-refractivity contribution in [2.75, 3.05) is 0 Å². The smallest absolute Gasteiger partial charge is 0.0721 e. The summed E-state index contributed by atoms with van der Waals surface area (Å²) in [7, 11) is -5.17. The maximum absolute atomic E-state index is 10.3. The Morgan fingerprint density at radius 2 is 1.12 bits per heavy atom. The first-order valence-electron chi connectivity index (χ1n) is 3.81. The van der Waals surface area contributed by atoms with Crippen molar-refractivity contribution in [3.8, 4) is 0 Å². The number of carbonyl (C=O) groups is 2. The number of carboxylic acid groups (broad SMARTS) is 2. The van der Waals surface area contributed by atoms with E-state index in [0.717, 1.165) is 12.1 Å². The van der Waals surface area contributed by atoms with E-state index in [1.165, 1.54) is 12.1 Å². The molecule has 1 rings (SSSR count). The van der Waals surface area contributed by atoms with Gasteiger partial charge in [0.25, 0.3) is 0 Å². The first-order chi connectivity index (χ1) is 7.63. The molecule has 0 aliphatic rings. The largest absolute Gasteiger partial charge is 0.759 e. The fourth-order valence-electron chi connectivity index (χ4n) is 0.839. The minimum Gasteiger partial charge on any atom is -0.759 e. The van der Waals surface area contributed by atoms with Crippen LogP contribution in [0.4, 0.5) is 0 Å². The van der Waals surface area contributed by atoms with E-state index in [1.54, 1.807) is 0 Å². The molecule has 1 aromatic carbocycles. The van der Waals surface area contributed by atoms with Crippen LogP contribution in [0, 0.1) is 0 Å². The van der Waals surface area contributed by atoms with Gasteiger partial charge in [0.2, 0.25) is 0 Å². The summed E-state index contributed by atoms with van der Waals surface area (Å²) in [6.07, 6.45) is 0. The zero-order valence-corrected chi connectivity index (χ0v) is 8.80. The van der Waals surface area contributed by atoms with Crippen molar-refractivity contribution in [3.63, 3.8) is 0 Å². The Labute approximate surface area is 95.7 Å². The van der Waals surface area contributed by atoms with Crippen molar-refractivity contribution >= 4 is 22.3 Å². The Hall–Kier alpha value is -1.97. The summed E-state index contributed by atoms with van der Waals surface area (Å²) in [5.41, 5.74) is -0.727. The Morgan fingerprint density at radius 1 is 0.882 bits per heavy atom. The number of rotatable bonds is 2. The lowest BCUT2D eigenvalue weighted by molar-refractivity contribution is -0.259. The SMILES string of the molecule is O=C([O-])c1ccccc1C(=O)[O-].O=S(=O)([O-])[O-]. The maximum Gasteiger partial charge on any atom is 0.0721 e. The minimum absolute atomic E-state index is 0.363. The maximum atomic E-state index is 10.3. The highest BCUT2D eigenvalue weighted by molar-refractivity contribution is 7.79. The van der Waals surface area contributed by atoms with E-state index in [4.69, 9.17) is 17.5 Å². The summed E-state index contributed by atoms with van der Waals surface area (Å²) in [6, 6.07) is 5.14. The Kier molecular flexibility index (Phi) is 5.25. The minimum atomic E-state index is -5.17. The molecule has 1 aromatic rings. The van der Waals surface area contributed by atoms with Gasteiger partial charge >= 0.3 is 0 Å². The Balaban J connectivity index is 0.000000437. The first-order valence-corrected chi connectivity index (χ1v) is 5.14. The summed E-state index contributed by atoms with van der Waals surface area (Å²) in [5, 5.41) is 20.6. The standard InChI is InChI=1S/C8H6O4.H2O4S/c9-7(10)5-3-1-2-4-6(5)8(11)12;1-5(2,3)4/h1-4H,(H,9,10)(H,11,12);(H2,1,2,3,4)/p-4. The zero-order valence-electron chi connectivity index (χ0n) is 7.98. The third-order valence-corrected chi connectivity index (χ3v) is 1.37. The number of hydrogen-bond acceptors (Lipinski definition) is 8. The van der Waals surface area contributed by atoms with Crippen LogP contribution in [0.3, 0.4) is 0 Å². The summed E-state index contributed by atoms with van der Waals surface area (Å²) >= 11 is 0. The number of hydrogen-bond donors (Lipinski definition) is 0. The van der Waals surface area contributed by atoms with Crippen molar-refractivity contribution in [1.82, 2.24) is 0 Å². The molecule has 0 aliphatic heterocycles. The molecule has 0 spiro atoms. The lowest BCUT2D eigenvalue weighted by Crippen LogP contribution is -2.29. The summed E-state index contributed by atoms with van der Waals surface area (Å²) < 4.78 is 34.1. The van der Waals surface area contributed by atoms with Gasteiger partial charge < -0.3 is 28.9 Å². The molecule has 94 valence electrons.